The summed E-state index contributed by atoms with van der Waals surface area (Å²) in [7, 11) is 0. The molecule has 0 aliphatic heterocycles. The van der Waals surface area contributed by atoms with Crippen molar-refractivity contribution < 1.29 is 4.79 Å². The summed E-state index contributed by atoms with van der Waals surface area (Å²) in [4.78, 5) is 11.2. The molecule has 0 spiro atoms. The molecule has 0 saturated carbocycles. The van der Waals surface area contributed by atoms with E-state index >= 15 is 0 Å². The third kappa shape index (κ3) is 3.31. The van der Waals surface area contributed by atoms with Crippen molar-refractivity contribution in [2.45, 2.75) is 6.92 Å². The summed E-state index contributed by atoms with van der Waals surface area (Å²) in [5.41, 5.74) is 3.36. The highest BCUT2D eigenvalue weighted by Gasteiger charge is 2.18. The topological polar surface area (TPSA) is 60.2 Å². The SMILES string of the molecule is C=C/C=C(\C(Cl)=C/C)c1nn2c(C=O)nnc2cc1-c1ccc(Cl)cc1. The fourth-order valence-corrected chi connectivity index (χ4v) is 2.79. The molecule has 0 saturated heterocycles. The second-order valence-corrected chi connectivity index (χ2v) is 6.16. The van der Waals surface area contributed by atoms with Crippen LogP contribution in [0.2, 0.25) is 5.02 Å². The van der Waals surface area contributed by atoms with Crippen LogP contribution in [0.25, 0.3) is 22.3 Å². The van der Waals surface area contributed by atoms with Crippen LogP contribution in [-0.4, -0.2) is 26.1 Å². The van der Waals surface area contributed by atoms with E-state index in [1.165, 1.54) is 4.52 Å². The van der Waals surface area contributed by atoms with Crippen LogP contribution in [0.5, 0.6) is 0 Å². The Morgan fingerprint density at radius 3 is 2.58 bits per heavy atom. The van der Waals surface area contributed by atoms with Gasteiger partial charge in [-0.25, -0.2) is 0 Å². The zero-order valence-corrected chi connectivity index (χ0v) is 15.4. The van der Waals surface area contributed by atoms with Gasteiger partial charge in [-0.2, -0.15) is 9.61 Å². The van der Waals surface area contributed by atoms with E-state index < -0.39 is 0 Å². The third-order valence-corrected chi connectivity index (χ3v) is 4.40. The second-order valence-electron chi connectivity index (χ2n) is 5.31. The normalized spacial score (nSPS) is 12.4. The molecule has 2 heterocycles. The highest BCUT2D eigenvalue weighted by atomic mass is 35.5. The Morgan fingerprint density at radius 2 is 1.96 bits per heavy atom. The average molecular weight is 385 g/mol. The molecule has 130 valence electrons. The fraction of sp³-hybridized carbons (Fsp3) is 0.0526. The van der Waals surface area contributed by atoms with Crippen molar-refractivity contribution in [1.29, 1.82) is 0 Å². The number of aldehydes is 1. The molecule has 1 aromatic carbocycles. The highest BCUT2D eigenvalue weighted by Crippen LogP contribution is 2.34. The van der Waals surface area contributed by atoms with Crippen molar-refractivity contribution in [3.63, 3.8) is 0 Å². The lowest BCUT2D eigenvalue weighted by molar-refractivity contribution is 0.111. The van der Waals surface area contributed by atoms with Crippen molar-refractivity contribution in [2.24, 2.45) is 0 Å². The summed E-state index contributed by atoms with van der Waals surface area (Å²) in [6, 6.07) is 9.15. The van der Waals surface area contributed by atoms with Gasteiger partial charge in [-0.15, -0.1) is 10.2 Å². The van der Waals surface area contributed by atoms with Crippen LogP contribution in [0, 0.1) is 0 Å². The van der Waals surface area contributed by atoms with Crippen LogP contribution in [0.1, 0.15) is 23.2 Å². The molecule has 0 amide bonds. The Morgan fingerprint density at radius 1 is 1.23 bits per heavy atom. The van der Waals surface area contributed by atoms with Gasteiger partial charge in [0.1, 0.15) is 5.69 Å². The van der Waals surface area contributed by atoms with Gasteiger partial charge in [0.15, 0.2) is 11.9 Å². The smallest absolute Gasteiger partial charge is 0.217 e. The van der Waals surface area contributed by atoms with Gasteiger partial charge < -0.3 is 0 Å². The van der Waals surface area contributed by atoms with Crippen LogP contribution in [0.3, 0.4) is 0 Å². The number of hydrogen-bond acceptors (Lipinski definition) is 4. The number of benzene rings is 1. The predicted octanol–water partition coefficient (Wildman–Crippen LogP) is 4.97. The first-order chi connectivity index (χ1) is 12.6. The molecule has 5 nitrogen and oxygen atoms in total. The third-order valence-electron chi connectivity index (χ3n) is 3.73. The molecule has 0 radical (unpaired) electrons. The number of aromatic nitrogens is 4. The number of nitrogens with zero attached hydrogens (tertiary/aromatic N) is 4. The Hall–Kier alpha value is -2.76. The number of fused-ring (bicyclic) bond motifs is 1. The van der Waals surface area contributed by atoms with E-state index in [4.69, 9.17) is 23.2 Å². The van der Waals surface area contributed by atoms with Gasteiger partial charge in [-0.1, -0.05) is 60.1 Å². The molecule has 26 heavy (non-hydrogen) atoms. The molecule has 0 aliphatic rings. The minimum Gasteiger partial charge on any atom is -0.294 e. The average Bonchev–Trinajstić information content (AvgIpc) is 3.07. The van der Waals surface area contributed by atoms with Gasteiger partial charge in [0.25, 0.3) is 0 Å². The standard InChI is InChI=1S/C19H14Cl2N4O/c1-3-5-14(16(21)4-2)19-15(12-6-8-13(20)9-7-12)10-17-22-23-18(11-26)25(17)24-19/h3-11H,1H2,2H3/b14-5+,16-4+. The molecule has 0 fully saturated rings. The van der Waals surface area contributed by atoms with Crippen molar-refractivity contribution in [2.75, 3.05) is 0 Å². The van der Waals surface area contributed by atoms with E-state index in [9.17, 15) is 4.79 Å². The first-order valence-electron chi connectivity index (χ1n) is 7.72. The maximum absolute atomic E-state index is 11.2. The fourth-order valence-electron chi connectivity index (χ4n) is 2.52. The first-order valence-corrected chi connectivity index (χ1v) is 8.47. The summed E-state index contributed by atoms with van der Waals surface area (Å²) in [6.45, 7) is 5.58. The van der Waals surface area contributed by atoms with Crippen LogP contribution in [0.15, 0.2) is 60.2 Å². The van der Waals surface area contributed by atoms with Gasteiger partial charge in [-0.05, 0) is 30.7 Å². The number of carbonyl (C=O) groups is 1. The zero-order chi connectivity index (χ0) is 18.7. The van der Waals surface area contributed by atoms with Crippen molar-refractivity contribution in [1.82, 2.24) is 19.8 Å². The largest absolute Gasteiger partial charge is 0.294 e. The van der Waals surface area contributed by atoms with Gasteiger partial charge in [-0.3, -0.25) is 4.79 Å². The van der Waals surface area contributed by atoms with Gasteiger partial charge in [0.2, 0.25) is 5.82 Å². The van der Waals surface area contributed by atoms with E-state index in [1.54, 1.807) is 30.4 Å². The lowest BCUT2D eigenvalue weighted by Crippen LogP contribution is -2.04. The number of allylic oxidation sites excluding steroid dienone is 5. The van der Waals surface area contributed by atoms with Gasteiger partial charge in [0, 0.05) is 21.2 Å². The monoisotopic (exact) mass is 384 g/mol. The van der Waals surface area contributed by atoms with Crippen molar-refractivity contribution in [3.05, 3.63) is 76.7 Å². The van der Waals surface area contributed by atoms with E-state index in [0.29, 0.717) is 33.3 Å². The molecule has 0 unspecified atom stereocenters. The highest BCUT2D eigenvalue weighted by molar-refractivity contribution is 6.37. The van der Waals surface area contributed by atoms with Crippen molar-refractivity contribution >= 4 is 40.7 Å². The van der Waals surface area contributed by atoms with E-state index in [-0.39, 0.29) is 5.82 Å². The van der Waals surface area contributed by atoms with Crippen LogP contribution >= 0.6 is 23.2 Å². The van der Waals surface area contributed by atoms with Crippen LogP contribution in [-0.2, 0) is 0 Å². The lowest BCUT2D eigenvalue weighted by Gasteiger charge is -2.12. The Labute approximate surface area is 160 Å². The second kappa shape index (κ2) is 7.64. The maximum Gasteiger partial charge on any atom is 0.217 e. The maximum atomic E-state index is 11.2. The minimum absolute atomic E-state index is 0.110. The Kier molecular flexibility index (Phi) is 5.30. The quantitative estimate of drug-likeness (QED) is 0.460. The predicted molar refractivity (Wildman–Crippen MR) is 104 cm³/mol. The molecule has 3 aromatic rings. The molecular formula is C19H14Cl2N4O. The Balaban J connectivity index is 2.37. The summed E-state index contributed by atoms with van der Waals surface area (Å²) in [5, 5.41) is 13.6. The van der Waals surface area contributed by atoms with Gasteiger partial charge in [0.05, 0.1) is 0 Å². The minimum atomic E-state index is 0.110. The molecule has 7 heteroatoms. The molecule has 2 aromatic heterocycles. The summed E-state index contributed by atoms with van der Waals surface area (Å²) in [5.74, 6) is 0.110. The molecular weight excluding hydrogens is 371 g/mol. The first kappa shape index (κ1) is 18.0. The Bertz CT molecular complexity index is 1050. The number of carbonyl (C=O) groups excluding carboxylic acids is 1. The van der Waals surface area contributed by atoms with E-state index in [2.05, 4.69) is 21.9 Å². The molecule has 0 atom stereocenters. The van der Waals surface area contributed by atoms with Crippen molar-refractivity contribution in [3.8, 4) is 11.1 Å². The summed E-state index contributed by atoms with van der Waals surface area (Å²) >= 11 is 12.4. The molecule has 3 rings (SSSR count). The zero-order valence-electron chi connectivity index (χ0n) is 13.9. The molecule has 0 N–H and O–H groups in total. The number of halogens is 2. The number of rotatable bonds is 5. The summed E-state index contributed by atoms with van der Waals surface area (Å²) < 4.78 is 1.39. The molecule has 0 bridgehead atoms. The van der Waals surface area contributed by atoms with E-state index in [1.807, 2.05) is 25.1 Å². The van der Waals surface area contributed by atoms with Gasteiger partial charge >= 0.3 is 0 Å². The molecule has 0 aliphatic carbocycles. The number of hydrogen-bond donors (Lipinski definition) is 0. The van der Waals surface area contributed by atoms with E-state index in [0.717, 1.165) is 11.1 Å². The van der Waals surface area contributed by atoms with Crippen LogP contribution < -0.4 is 0 Å². The lowest BCUT2D eigenvalue weighted by atomic mass is 9.99. The summed E-state index contributed by atoms with van der Waals surface area (Å²) in [6.07, 6.45) is 5.76. The van der Waals surface area contributed by atoms with Crippen LogP contribution in [0.4, 0.5) is 0 Å².